The highest BCUT2D eigenvalue weighted by molar-refractivity contribution is 6.03. The molecule has 3 heteroatoms. The average Bonchev–Trinajstić information content (AvgIpc) is 2.84. The molecule has 0 unspecified atom stereocenters. The van der Waals surface area contributed by atoms with E-state index in [4.69, 9.17) is 4.98 Å². The number of aryl methyl sites for hydroxylation is 2. The predicted octanol–water partition coefficient (Wildman–Crippen LogP) is 4.28. The molecule has 0 bridgehead atoms. The van der Waals surface area contributed by atoms with E-state index < -0.39 is 0 Å². The zero-order chi connectivity index (χ0) is 13.9. The lowest BCUT2D eigenvalue weighted by molar-refractivity contribution is 0.629. The number of benzene rings is 2. The third-order valence-corrected chi connectivity index (χ3v) is 4.04. The molecule has 2 aliphatic rings. The fraction of sp³-hybridized carbons (Fsp3) is 0.118. The highest BCUT2D eigenvalue weighted by atomic mass is 19.1. The Bertz CT molecular complexity index is 937. The lowest BCUT2D eigenvalue weighted by Gasteiger charge is -2.15. The summed E-state index contributed by atoms with van der Waals surface area (Å²) in [6.07, 6.45) is 0. The maximum Gasteiger partial charge on any atom is 0.141 e. The van der Waals surface area contributed by atoms with Crippen molar-refractivity contribution in [2.24, 2.45) is 7.05 Å². The summed E-state index contributed by atoms with van der Waals surface area (Å²) in [5.41, 5.74) is 4.18. The second kappa shape index (κ2) is 3.79. The molecule has 0 spiro atoms. The van der Waals surface area contributed by atoms with Crippen LogP contribution in [-0.2, 0) is 7.05 Å². The van der Waals surface area contributed by atoms with Crippen LogP contribution in [0.15, 0.2) is 42.5 Å². The molecule has 0 N–H and O–H groups in total. The van der Waals surface area contributed by atoms with Gasteiger partial charge in [0, 0.05) is 28.9 Å². The molecule has 20 heavy (non-hydrogen) atoms. The first-order chi connectivity index (χ1) is 9.66. The normalized spacial score (nSPS) is 11.8. The molecule has 0 amide bonds. The van der Waals surface area contributed by atoms with E-state index in [2.05, 4.69) is 6.07 Å². The monoisotopic (exact) mass is 264 g/mol. The van der Waals surface area contributed by atoms with E-state index in [0.717, 1.165) is 38.8 Å². The van der Waals surface area contributed by atoms with Crippen LogP contribution in [0.2, 0.25) is 0 Å². The van der Waals surface area contributed by atoms with Gasteiger partial charge in [-0.3, -0.25) is 0 Å². The van der Waals surface area contributed by atoms with Gasteiger partial charge in [0.15, 0.2) is 0 Å². The number of fused-ring (bicyclic) bond motifs is 4. The molecule has 4 rings (SSSR count). The SMILES string of the molecule is Cc1c2c3ccccc3nc-2n(C)c2ccc(F)cc12. The van der Waals surface area contributed by atoms with E-state index in [9.17, 15) is 4.39 Å². The number of para-hydroxylation sites is 1. The molecule has 2 aromatic carbocycles. The van der Waals surface area contributed by atoms with Crippen molar-refractivity contribution in [2.45, 2.75) is 6.92 Å². The molecule has 2 aliphatic heterocycles. The van der Waals surface area contributed by atoms with Crippen molar-refractivity contribution in [2.75, 3.05) is 0 Å². The molecule has 0 aliphatic carbocycles. The van der Waals surface area contributed by atoms with Crippen LogP contribution in [0.3, 0.4) is 0 Å². The fourth-order valence-electron chi connectivity index (χ4n) is 3.04. The summed E-state index contributed by atoms with van der Waals surface area (Å²) in [6, 6.07) is 13.0. The molecule has 0 fully saturated rings. The van der Waals surface area contributed by atoms with Crippen LogP contribution >= 0.6 is 0 Å². The van der Waals surface area contributed by atoms with Crippen LogP contribution in [0.1, 0.15) is 5.56 Å². The molecule has 0 aromatic heterocycles. The van der Waals surface area contributed by atoms with Crippen LogP contribution in [0, 0.1) is 12.7 Å². The van der Waals surface area contributed by atoms with Gasteiger partial charge in [0.1, 0.15) is 11.6 Å². The van der Waals surface area contributed by atoms with Gasteiger partial charge < -0.3 is 4.57 Å². The molecular weight excluding hydrogens is 251 g/mol. The van der Waals surface area contributed by atoms with Crippen molar-refractivity contribution in [3.8, 4) is 11.4 Å². The van der Waals surface area contributed by atoms with Gasteiger partial charge in [-0.2, -0.15) is 0 Å². The number of aromatic nitrogens is 2. The summed E-state index contributed by atoms with van der Waals surface area (Å²) in [7, 11) is 1.98. The molecule has 2 aromatic rings. The lowest BCUT2D eigenvalue weighted by Crippen LogP contribution is -2.02. The zero-order valence-electron chi connectivity index (χ0n) is 11.3. The van der Waals surface area contributed by atoms with Gasteiger partial charge in [-0.1, -0.05) is 18.2 Å². The van der Waals surface area contributed by atoms with Crippen LogP contribution in [0.25, 0.3) is 33.2 Å². The molecule has 98 valence electrons. The molecular formula is C17H13FN2. The topological polar surface area (TPSA) is 17.8 Å². The molecule has 2 nitrogen and oxygen atoms in total. The fourth-order valence-corrected chi connectivity index (χ4v) is 3.04. The van der Waals surface area contributed by atoms with Crippen molar-refractivity contribution in [1.29, 1.82) is 0 Å². The minimum absolute atomic E-state index is 0.205. The van der Waals surface area contributed by atoms with Gasteiger partial charge in [0.05, 0.1) is 5.52 Å². The highest BCUT2D eigenvalue weighted by Crippen LogP contribution is 2.37. The largest absolute Gasteiger partial charge is 0.328 e. The second-order valence-electron chi connectivity index (χ2n) is 5.17. The minimum atomic E-state index is -0.205. The van der Waals surface area contributed by atoms with Crippen LogP contribution in [0.4, 0.5) is 4.39 Å². The Labute approximate surface area is 115 Å². The van der Waals surface area contributed by atoms with Crippen LogP contribution in [0.5, 0.6) is 0 Å². The van der Waals surface area contributed by atoms with Crippen LogP contribution < -0.4 is 0 Å². The maximum atomic E-state index is 13.6. The smallest absolute Gasteiger partial charge is 0.141 e. The third-order valence-electron chi connectivity index (χ3n) is 4.04. The number of rotatable bonds is 0. The van der Waals surface area contributed by atoms with E-state index in [1.54, 1.807) is 6.07 Å². The highest BCUT2D eigenvalue weighted by Gasteiger charge is 2.19. The summed E-state index contributed by atoms with van der Waals surface area (Å²) in [5.74, 6) is 0.742. The number of nitrogens with zero attached hydrogens (tertiary/aromatic N) is 2. The Balaban J connectivity index is 2.33. The molecule has 2 heterocycles. The van der Waals surface area contributed by atoms with E-state index in [1.165, 1.54) is 6.07 Å². The first kappa shape index (κ1) is 11.4. The Hall–Kier alpha value is -2.42. The Morgan fingerprint density at radius 3 is 2.70 bits per heavy atom. The van der Waals surface area contributed by atoms with Crippen molar-refractivity contribution >= 4 is 21.8 Å². The second-order valence-corrected chi connectivity index (χ2v) is 5.17. The summed E-state index contributed by atoms with van der Waals surface area (Å²) < 4.78 is 15.6. The third kappa shape index (κ3) is 1.35. The Morgan fingerprint density at radius 2 is 1.85 bits per heavy atom. The van der Waals surface area contributed by atoms with Gasteiger partial charge in [-0.05, 0) is 36.8 Å². The van der Waals surface area contributed by atoms with Crippen molar-refractivity contribution in [1.82, 2.24) is 9.55 Å². The zero-order valence-corrected chi connectivity index (χ0v) is 11.3. The summed E-state index contributed by atoms with van der Waals surface area (Å²) in [5, 5.41) is 2.07. The van der Waals surface area contributed by atoms with Gasteiger partial charge in [0.25, 0.3) is 0 Å². The van der Waals surface area contributed by atoms with E-state index in [-0.39, 0.29) is 5.82 Å². The Kier molecular flexibility index (Phi) is 2.16. The number of hydrogen-bond acceptors (Lipinski definition) is 1. The molecule has 0 radical (unpaired) electrons. The molecule has 0 atom stereocenters. The van der Waals surface area contributed by atoms with Crippen molar-refractivity contribution in [3.05, 3.63) is 53.8 Å². The molecule has 0 saturated heterocycles. The van der Waals surface area contributed by atoms with E-state index in [0.29, 0.717) is 0 Å². The maximum absolute atomic E-state index is 13.6. The summed E-state index contributed by atoms with van der Waals surface area (Å²) >= 11 is 0. The quantitative estimate of drug-likeness (QED) is 0.463. The lowest BCUT2D eigenvalue weighted by atomic mass is 10.0. The first-order valence-corrected chi connectivity index (χ1v) is 6.60. The van der Waals surface area contributed by atoms with Crippen LogP contribution in [-0.4, -0.2) is 9.55 Å². The van der Waals surface area contributed by atoms with Gasteiger partial charge >= 0.3 is 0 Å². The van der Waals surface area contributed by atoms with Gasteiger partial charge in [0.2, 0.25) is 0 Å². The number of hydrogen-bond donors (Lipinski definition) is 0. The van der Waals surface area contributed by atoms with Gasteiger partial charge in [-0.15, -0.1) is 0 Å². The number of halogens is 1. The van der Waals surface area contributed by atoms with Gasteiger partial charge in [-0.25, -0.2) is 9.37 Å². The average molecular weight is 264 g/mol. The van der Waals surface area contributed by atoms with Crippen molar-refractivity contribution < 1.29 is 4.39 Å². The first-order valence-electron chi connectivity index (χ1n) is 6.60. The van der Waals surface area contributed by atoms with E-state index >= 15 is 0 Å². The van der Waals surface area contributed by atoms with Crippen molar-refractivity contribution in [3.63, 3.8) is 0 Å². The van der Waals surface area contributed by atoms with E-state index in [1.807, 2.05) is 42.8 Å². The summed E-state index contributed by atoms with van der Waals surface area (Å²) in [4.78, 5) is 4.72. The Morgan fingerprint density at radius 1 is 1.05 bits per heavy atom. The predicted molar refractivity (Wildman–Crippen MR) is 79.5 cm³/mol. The minimum Gasteiger partial charge on any atom is -0.328 e. The molecule has 0 saturated carbocycles. The standard InChI is InChI=1S/C17H13FN2/c1-10-13-9-11(18)7-8-15(13)20(2)17-16(10)12-5-3-4-6-14(12)19-17/h3-9H,1-2H3. The number of pyridine rings is 1. The summed E-state index contributed by atoms with van der Waals surface area (Å²) in [6.45, 7) is 2.04.